The molecule has 0 unspecified atom stereocenters. The van der Waals surface area contributed by atoms with Gasteiger partial charge in [-0.3, -0.25) is 0 Å². The summed E-state index contributed by atoms with van der Waals surface area (Å²) in [6, 6.07) is 6.77. The number of hydrogen-bond donors (Lipinski definition) is 2. The zero-order valence-corrected chi connectivity index (χ0v) is 11.3. The SMILES string of the molecule is CN(C)CCCOc1cccc(C=NNC(N)=O)c1. The van der Waals surface area contributed by atoms with Crippen LogP contribution in [0, 0.1) is 0 Å². The summed E-state index contributed by atoms with van der Waals surface area (Å²) >= 11 is 0. The third-order valence-corrected chi connectivity index (χ3v) is 2.26. The van der Waals surface area contributed by atoms with E-state index in [-0.39, 0.29) is 0 Å². The predicted octanol–water partition coefficient (Wildman–Crippen LogP) is 1.02. The van der Waals surface area contributed by atoms with Gasteiger partial charge in [0.25, 0.3) is 0 Å². The Labute approximate surface area is 113 Å². The summed E-state index contributed by atoms with van der Waals surface area (Å²) in [5, 5.41) is 3.69. The normalized spacial score (nSPS) is 10.9. The van der Waals surface area contributed by atoms with Crippen molar-refractivity contribution in [2.75, 3.05) is 27.2 Å². The van der Waals surface area contributed by atoms with Crippen LogP contribution in [0.2, 0.25) is 0 Å². The standard InChI is InChI=1S/C13H20N4O2/c1-17(2)7-4-8-19-12-6-3-5-11(9-12)10-15-16-13(14)18/h3,5-6,9-10H,4,7-8H2,1-2H3,(H3,14,16,18). The zero-order chi connectivity index (χ0) is 14.1. The molecular weight excluding hydrogens is 244 g/mol. The van der Waals surface area contributed by atoms with Crippen LogP contribution in [-0.4, -0.2) is 44.4 Å². The molecule has 6 heteroatoms. The lowest BCUT2D eigenvalue weighted by Crippen LogP contribution is -2.24. The van der Waals surface area contributed by atoms with Crippen molar-refractivity contribution in [2.24, 2.45) is 10.8 Å². The first-order chi connectivity index (χ1) is 9.08. The zero-order valence-electron chi connectivity index (χ0n) is 11.3. The summed E-state index contributed by atoms with van der Waals surface area (Å²) in [4.78, 5) is 12.6. The van der Waals surface area contributed by atoms with Crippen molar-refractivity contribution in [3.8, 4) is 5.75 Å². The molecule has 104 valence electrons. The number of hydrogen-bond acceptors (Lipinski definition) is 4. The predicted molar refractivity (Wildman–Crippen MR) is 75.4 cm³/mol. The second-order valence-electron chi connectivity index (χ2n) is 4.31. The van der Waals surface area contributed by atoms with Crippen molar-refractivity contribution in [3.05, 3.63) is 29.8 Å². The van der Waals surface area contributed by atoms with Gasteiger partial charge in [-0.25, -0.2) is 10.2 Å². The number of amides is 2. The van der Waals surface area contributed by atoms with Crippen molar-refractivity contribution < 1.29 is 9.53 Å². The molecule has 0 fully saturated rings. The highest BCUT2D eigenvalue weighted by atomic mass is 16.5. The molecule has 0 radical (unpaired) electrons. The van der Waals surface area contributed by atoms with Gasteiger partial charge in [-0.05, 0) is 38.2 Å². The van der Waals surface area contributed by atoms with E-state index in [2.05, 4.69) is 15.4 Å². The van der Waals surface area contributed by atoms with E-state index in [1.165, 1.54) is 6.21 Å². The Bertz CT molecular complexity index is 432. The topological polar surface area (TPSA) is 79.9 Å². The second-order valence-corrected chi connectivity index (χ2v) is 4.31. The number of carbonyl (C=O) groups is 1. The molecule has 0 heterocycles. The largest absolute Gasteiger partial charge is 0.494 e. The monoisotopic (exact) mass is 264 g/mol. The lowest BCUT2D eigenvalue weighted by Gasteiger charge is -2.10. The number of hydrazone groups is 1. The highest BCUT2D eigenvalue weighted by Crippen LogP contribution is 2.12. The molecule has 0 spiro atoms. The van der Waals surface area contributed by atoms with Crippen LogP contribution in [-0.2, 0) is 0 Å². The molecule has 0 aliphatic rings. The molecule has 1 aromatic rings. The van der Waals surface area contributed by atoms with Crippen LogP contribution in [0.15, 0.2) is 29.4 Å². The minimum Gasteiger partial charge on any atom is -0.494 e. The van der Waals surface area contributed by atoms with Gasteiger partial charge in [-0.2, -0.15) is 5.10 Å². The lowest BCUT2D eigenvalue weighted by molar-refractivity contribution is 0.249. The average molecular weight is 264 g/mol. The number of urea groups is 1. The molecule has 3 N–H and O–H groups in total. The minimum absolute atomic E-state index is 0.665. The maximum atomic E-state index is 10.5. The van der Waals surface area contributed by atoms with E-state index in [1.807, 2.05) is 38.4 Å². The average Bonchev–Trinajstić information content (AvgIpc) is 2.34. The summed E-state index contributed by atoms with van der Waals surface area (Å²) in [5.41, 5.74) is 7.87. The van der Waals surface area contributed by atoms with E-state index in [9.17, 15) is 4.79 Å². The molecule has 0 bridgehead atoms. The summed E-state index contributed by atoms with van der Waals surface area (Å²) < 4.78 is 5.62. The van der Waals surface area contributed by atoms with Gasteiger partial charge in [0.15, 0.2) is 0 Å². The van der Waals surface area contributed by atoms with Crippen LogP contribution in [0.4, 0.5) is 4.79 Å². The number of carbonyl (C=O) groups excluding carboxylic acids is 1. The Morgan fingerprint density at radius 1 is 1.53 bits per heavy atom. The fraction of sp³-hybridized carbons (Fsp3) is 0.385. The molecule has 0 atom stereocenters. The first kappa shape index (κ1) is 15.0. The van der Waals surface area contributed by atoms with E-state index in [4.69, 9.17) is 10.5 Å². The number of nitrogens with zero attached hydrogens (tertiary/aromatic N) is 2. The summed E-state index contributed by atoms with van der Waals surface area (Å²) in [7, 11) is 4.06. The van der Waals surface area contributed by atoms with E-state index < -0.39 is 6.03 Å². The Hall–Kier alpha value is -2.08. The fourth-order valence-corrected chi connectivity index (χ4v) is 1.43. The van der Waals surface area contributed by atoms with E-state index in [0.29, 0.717) is 6.61 Å². The molecule has 19 heavy (non-hydrogen) atoms. The number of nitrogens with two attached hydrogens (primary N) is 1. The lowest BCUT2D eigenvalue weighted by atomic mass is 10.2. The van der Waals surface area contributed by atoms with Crippen LogP contribution in [0.5, 0.6) is 5.75 Å². The minimum atomic E-state index is -0.688. The third kappa shape index (κ3) is 7.05. The van der Waals surface area contributed by atoms with Gasteiger partial charge < -0.3 is 15.4 Å². The van der Waals surface area contributed by atoms with Crippen molar-refractivity contribution in [1.29, 1.82) is 0 Å². The Kier molecular flexibility index (Phi) is 6.38. The third-order valence-electron chi connectivity index (χ3n) is 2.26. The number of nitrogens with one attached hydrogen (secondary N) is 1. The van der Waals surface area contributed by atoms with E-state index >= 15 is 0 Å². The highest BCUT2D eigenvalue weighted by molar-refractivity contribution is 5.81. The molecule has 0 saturated heterocycles. The van der Waals surface area contributed by atoms with Gasteiger partial charge in [-0.1, -0.05) is 12.1 Å². The molecular formula is C13H20N4O2. The molecule has 1 rings (SSSR count). The van der Waals surface area contributed by atoms with Crippen molar-refractivity contribution >= 4 is 12.2 Å². The van der Waals surface area contributed by atoms with Crippen molar-refractivity contribution in [2.45, 2.75) is 6.42 Å². The summed E-state index contributed by atoms with van der Waals surface area (Å²) in [6.45, 7) is 1.65. The molecule has 2 amide bonds. The quantitative estimate of drug-likeness (QED) is 0.438. The maximum absolute atomic E-state index is 10.5. The highest BCUT2D eigenvalue weighted by Gasteiger charge is 1.96. The van der Waals surface area contributed by atoms with Gasteiger partial charge in [0.2, 0.25) is 0 Å². The number of ether oxygens (including phenoxy) is 1. The smallest absolute Gasteiger partial charge is 0.332 e. The first-order valence-electron chi connectivity index (χ1n) is 6.04. The van der Waals surface area contributed by atoms with Crippen LogP contribution in [0.3, 0.4) is 0 Å². The molecule has 0 aromatic heterocycles. The van der Waals surface area contributed by atoms with Gasteiger partial charge in [0.05, 0.1) is 12.8 Å². The Balaban J connectivity index is 2.43. The Morgan fingerprint density at radius 3 is 3.00 bits per heavy atom. The first-order valence-corrected chi connectivity index (χ1v) is 6.04. The van der Waals surface area contributed by atoms with Crippen molar-refractivity contribution in [3.63, 3.8) is 0 Å². The molecule has 1 aromatic carbocycles. The summed E-state index contributed by atoms with van der Waals surface area (Å²) in [6.07, 6.45) is 2.48. The molecule has 6 nitrogen and oxygen atoms in total. The van der Waals surface area contributed by atoms with E-state index in [0.717, 1.165) is 24.3 Å². The number of primary amides is 1. The van der Waals surface area contributed by atoms with Crippen LogP contribution >= 0.6 is 0 Å². The molecule has 0 aliphatic carbocycles. The van der Waals surface area contributed by atoms with Gasteiger partial charge in [0.1, 0.15) is 5.75 Å². The number of benzene rings is 1. The van der Waals surface area contributed by atoms with Crippen LogP contribution in [0.1, 0.15) is 12.0 Å². The van der Waals surface area contributed by atoms with E-state index in [1.54, 1.807) is 0 Å². The van der Waals surface area contributed by atoms with Gasteiger partial charge in [0, 0.05) is 6.54 Å². The maximum Gasteiger partial charge on any atom is 0.332 e. The summed E-state index contributed by atoms with van der Waals surface area (Å²) in [5.74, 6) is 0.779. The van der Waals surface area contributed by atoms with Crippen molar-refractivity contribution in [1.82, 2.24) is 10.3 Å². The van der Waals surface area contributed by atoms with Crippen LogP contribution < -0.4 is 15.9 Å². The fourth-order valence-electron chi connectivity index (χ4n) is 1.43. The van der Waals surface area contributed by atoms with Gasteiger partial charge >= 0.3 is 6.03 Å². The number of rotatable bonds is 7. The Morgan fingerprint density at radius 2 is 2.32 bits per heavy atom. The second kappa shape index (κ2) is 8.10. The molecule has 0 saturated carbocycles. The molecule has 0 aliphatic heterocycles. The van der Waals surface area contributed by atoms with Crippen LogP contribution in [0.25, 0.3) is 0 Å². The van der Waals surface area contributed by atoms with Gasteiger partial charge in [-0.15, -0.1) is 0 Å².